The summed E-state index contributed by atoms with van der Waals surface area (Å²) in [5.74, 6) is 0.879. The fraction of sp³-hybridized carbons (Fsp3) is 0.167. The van der Waals surface area contributed by atoms with Crippen LogP contribution in [-0.2, 0) is 0 Å². The van der Waals surface area contributed by atoms with Crippen molar-refractivity contribution in [2.45, 2.75) is 6.92 Å². The minimum absolute atomic E-state index is 0.0638. The third kappa shape index (κ3) is 2.44. The second-order valence-electron chi connectivity index (χ2n) is 3.40. The molecule has 1 aromatic heterocycles. The number of aromatic nitrogens is 2. The molecule has 0 spiro atoms. The Bertz CT molecular complexity index is 578. The number of rotatable bonds is 3. The van der Waals surface area contributed by atoms with Gasteiger partial charge in [-0.15, -0.1) is 0 Å². The second kappa shape index (κ2) is 4.69. The minimum Gasteiger partial charge on any atom is -0.504 e. The maximum Gasteiger partial charge on any atom is 0.251 e. The van der Waals surface area contributed by atoms with Crippen molar-refractivity contribution in [3.05, 3.63) is 40.8 Å². The highest BCUT2D eigenvalue weighted by atomic mass is 16.5. The van der Waals surface area contributed by atoms with E-state index in [0.717, 1.165) is 0 Å². The number of aromatic hydroxyl groups is 1. The molecule has 2 rings (SSSR count). The molecule has 2 aromatic rings. The lowest BCUT2D eigenvalue weighted by Gasteiger charge is -2.07. The number of aromatic amines is 1. The summed E-state index contributed by atoms with van der Waals surface area (Å²) >= 11 is 0. The Labute approximate surface area is 97.7 Å². The Morgan fingerprint density at radius 2 is 2.24 bits per heavy atom. The molecule has 0 unspecified atom stereocenters. The fourth-order valence-electron chi connectivity index (χ4n) is 1.45. The molecular formula is C12H12N2O3. The number of H-pyrrole nitrogens is 1. The Morgan fingerprint density at radius 1 is 1.41 bits per heavy atom. The first-order chi connectivity index (χ1) is 8.20. The molecule has 17 heavy (non-hydrogen) atoms. The number of phenolic OH excluding ortho intramolecular Hbond substituents is 1. The van der Waals surface area contributed by atoms with E-state index in [1.165, 1.54) is 18.3 Å². The summed E-state index contributed by atoms with van der Waals surface area (Å²) in [6.45, 7) is 2.28. The van der Waals surface area contributed by atoms with E-state index in [0.29, 0.717) is 23.7 Å². The Hall–Kier alpha value is -2.30. The molecule has 0 saturated heterocycles. The summed E-state index contributed by atoms with van der Waals surface area (Å²) < 4.78 is 5.26. The van der Waals surface area contributed by atoms with Crippen LogP contribution in [0.5, 0.6) is 11.5 Å². The number of nitrogens with one attached hydrogen (secondary N) is 1. The molecule has 1 aromatic carbocycles. The first-order valence-electron chi connectivity index (χ1n) is 5.22. The van der Waals surface area contributed by atoms with Gasteiger partial charge in [0.2, 0.25) is 0 Å². The van der Waals surface area contributed by atoms with Crippen molar-refractivity contribution in [1.82, 2.24) is 9.97 Å². The molecule has 0 aliphatic heterocycles. The number of phenols is 1. The van der Waals surface area contributed by atoms with E-state index >= 15 is 0 Å². The number of hydrogen-bond acceptors (Lipinski definition) is 4. The van der Waals surface area contributed by atoms with Crippen LogP contribution < -0.4 is 10.3 Å². The van der Waals surface area contributed by atoms with Crippen LogP contribution in [0.2, 0.25) is 0 Å². The molecule has 2 N–H and O–H groups in total. The lowest BCUT2D eigenvalue weighted by atomic mass is 10.2. The van der Waals surface area contributed by atoms with Gasteiger partial charge in [-0.2, -0.15) is 0 Å². The first kappa shape index (κ1) is 11.2. The van der Waals surface area contributed by atoms with Crippen LogP contribution in [0.4, 0.5) is 0 Å². The van der Waals surface area contributed by atoms with E-state index in [9.17, 15) is 9.90 Å². The molecule has 0 bridgehead atoms. The largest absolute Gasteiger partial charge is 0.504 e. The molecule has 88 valence electrons. The first-order valence-corrected chi connectivity index (χ1v) is 5.22. The summed E-state index contributed by atoms with van der Waals surface area (Å²) in [5, 5.41) is 9.55. The zero-order chi connectivity index (χ0) is 12.3. The fourth-order valence-corrected chi connectivity index (χ4v) is 1.45. The summed E-state index contributed by atoms with van der Waals surface area (Å²) in [5.41, 5.74) is 0.463. The van der Waals surface area contributed by atoms with Crippen LogP contribution in [0.15, 0.2) is 35.3 Å². The van der Waals surface area contributed by atoms with Gasteiger partial charge in [-0.1, -0.05) is 0 Å². The lowest BCUT2D eigenvalue weighted by Crippen LogP contribution is -2.05. The molecule has 0 radical (unpaired) electrons. The van der Waals surface area contributed by atoms with E-state index in [2.05, 4.69) is 9.97 Å². The highest BCUT2D eigenvalue weighted by Gasteiger charge is 2.06. The number of benzene rings is 1. The van der Waals surface area contributed by atoms with Gasteiger partial charge in [-0.05, 0) is 25.1 Å². The van der Waals surface area contributed by atoms with Gasteiger partial charge in [0.1, 0.15) is 5.82 Å². The predicted molar refractivity (Wildman–Crippen MR) is 63.1 cm³/mol. The third-order valence-electron chi connectivity index (χ3n) is 2.20. The summed E-state index contributed by atoms with van der Waals surface area (Å²) in [6.07, 6.45) is 1.43. The van der Waals surface area contributed by atoms with Gasteiger partial charge in [0.15, 0.2) is 11.5 Å². The van der Waals surface area contributed by atoms with Gasteiger partial charge in [-0.25, -0.2) is 4.98 Å². The van der Waals surface area contributed by atoms with Gasteiger partial charge in [0.05, 0.1) is 6.61 Å². The van der Waals surface area contributed by atoms with E-state index in [1.807, 2.05) is 6.92 Å². The molecule has 0 aliphatic carbocycles. The standard InChI is InChI=1S/C12H12N2O3/c1-2-17-10-7-8(3-4-9(10)15)12-13-6-5-11(16)14-12/h3-7,15H,2H2,1H3,(H,13,14,16). The van der Waals surface area contributed by atoms with Gasteiger partial charge < -0.3 is 14.8 Å². The number of hydrogen-bond donors (Lipinski definition) is 2. The third-order valence-corrected chi connectivity index (χ3v) is 2.20. The maximum absolute atomic E-state index is 11.2. The number of nitrogens with zero attached hydrogens (tertiary/aromatic N) is 1. The van der Waals surface area contributed by atoms with Crippen molar-refractivity contribution < 1.29 is 9.84 Å². The van der Waals surface area contributed by atoms with Crippen LogP contribution in [-0.4, -0.2) is 21.7 Å². The molecule has 0 fully saturated rings. The van der Waals surface area contributed by atoms with Gasteiger partial charge in [-0.3, -0.25) is 4.79 Å². The van der Waals surface area contributed by atoms with Crippen molar-refractivity contribution in [3.63, 3.8) is 0 Å². The van der Waals surface area contributed by atoms with Gasteiger partial charge in [0, 0.05) is 17.8 Å². The topological polar surface area (TPSA) is 75.2 Å². The molecule has 1 heterocycles. The highest BCUT2D eigenvalue weighted by molar-refractivity contribution is 5.60. The highest BCUT2D eigenvalue weighted by Crippen LogP contribution is 2.29. The summed E-state index contributed by atoms with van der Waals surface area (Å²) in [6, 6.07) is 6.15. The number of ether oxygens (including phenoxy) is 1. The Balaban J connectivity index is 2.46. The van der Waals surface area contributed by atoms with E-state index < -0.39 is 0 Å². The average Bonchev–Trinajstić information content (AvgIpc) is 2.32. The summed E-state index contributed by atoms with van der Waals surface area (Å²) in [4.78, 5) is 17.8. The summed E-state index contributed by atoms with van der Waals surface area (Å²) in [7, 11) is 0. The quantitative estimate of drug-likeness (QED) is 0.841. The SMILES string of the molecule is CCOc1cc(-c2nccc(=O)[nH]2)ccc1O. The van der Waals surface area contributed by atoms with Crippen LogP contribution in [0.3, 0.4) is 0 Å². The van der Waals surface area contributed by atoms with E-state index in [1.54, 1.807) is 12.1 Å². The van der Waals surface area contributed by atoms with Crippen LogP contribution in [0.25, 0.3) is 11.4 Å². The Kier molecular flexibility index (Phi) is 3.09. The van der Waals surface area contributed by atoms with Gasteiger partial charge in [0.25, 0.3) is 5.56 Å². The van der Waals surface area contributed by atoms with Crippen molar-refractivity contribution in [3.8, 4) is 22.9 Å². The second-order valence-corrected chi connectivity index (χ2v) is 3.40. The molecule has 5 heteroatoms. The van der Waals surface area contributed by atoms with Crippen LogP contribution in [0, 0.1) is 0 Å². The monoisotopic (exact) mass is 232 g/mol. The molecule has 0 aliphatic rings. The molecule has 5 nitrogen and oxygen atoms in total. The van der Waals surface area contributed by atoms with Crippen LogP contribution >= 0.6 is 0 Å². The normalized spacial score (nSPS) is 10.2. The zero-order valence-corrected chi connectivity index (χ0v) is 9.30. The van der Waals surface area contributed by atoms with Crippen molar-refractivity contribution in [2.24, 2.45) is 0 Å². The van der Waals surface area contributed by atoms with E-state index in [4.69, 9.17) is 4.74 Å². The predicted octanol–water partition coefficient (Wildman–Crippen LogP) is 1.54. The average molecular weight is 232 g/mol. The zero-order valence-electron chi connectivity index (χ0n) is 9.30. The smallest absolute Gasteiger partial charge is 0.251 e. The van der Waals surface area contributed by atoms with Crippen molar-refractivity contribution in [1.29, 1.82) is 0 Å². The Morgan fingerprint density at radius 3 is 2.94 bits per heavy atom. The lowest BCUT2D eigenvalue weighted by molar-refractivity contribution is 0.318. The molecule has 0 saturated carbocycles. The molecular weight excluding hydrogens is 220 g/mol. The molecule has 0 atom stereocenters. The van der Waals surface area contributed by atoms with Gasteiger partial charge >= 0.3 is 0 Å². The van der Waals surface area contributed by atoms with Crippen molar-refractivity contribution in [2.75, 3.05) is 6.61 Å². The molecule has 0 amide bonds. The maximum atomic E-state index is 11.2. The van der Waals surface area contributed by atoms with Crippen molar-refractivity contribution >= 4 is 0 Å². The van der Waals surface area contributed by atoms with Crippen LogP contribution in [0.1, 0.15) is 6.92 Å². The van der Waals surface area contributed by atoms with E-state index in [-0.39, 0.29) is 11.3 Å². The minimum atomic E-state index is -0.221.